The molecule has 0 aromatic heterocycles. The molecule has 0 fully saturated rings. The number of aliphatic imine (C=N–C) groups is 1. The zero-order valence-corrected chi connectivity index (χ0v) is 18.9. The van der Waals surface area contributed by atoms with Gasteiger partial charge in [0.25, 0.3) is 5.91 Å². The average Bonchev–Trinajstić information content (AvgIpc) is 2.75. The van der Waals surface area contributed by atoms with E-state index in [1.54, 1.807) is 24.3 Å². The van der Waals surface area contributed by atoms with Crippen LogP contribution in [0.1, 0.15) is 42.6 Å². The topological polar surface area (TPSA) is 166 Å². The molecule has 0 bridgehead atoms. The third-order valence-corrected chi connectivity index (χ3v) is 6.56. The Morgan fingerprint density at radius 1 is 1.19 bits per heavy atom. The van der Waals surface area contributed by atoms with Gasteiger partial charge in [0.1, 0.15) is 6.04 Å². The van der Waals surface area contributed by atoms with Gasteiger partial charge in [0.2, 0.25) is 15.9 Å². The van der Waals surface area contributed by atoms with Gasteiger partial charge in [-0.25, -0.2) is 8.42 Å². The van der Waals surface area contributed by atoms with Crippen LogP contribution in [0.15, 0.2) is 29.3 Å². The Balaban J connectivity index is 1.84. The number of carbonyl (C=O) groups is 3. The third kappa shape index (κ3) is 7.93. The maximum Gasteiger partial charge on any atom is 0.323 e. The third-order valence-electron chi connectivity index (χ3n) is 4.70. The van der Waals surface area contributed by atoms with Gasteiger partial charge in [-0.2, -0.15) is 4.72 Å². The maximum atomic E-state index is 12.3. The van der Waals surface area contributed by atoms with Gasteiger partial charge in [-0.1, -0.05) is 12.1 Å². The Morgan fingerprint density at radius 3 is 2.44 bits per heavy atom. The van der Waals surface area contributed by atoms with E-state index in [0.717, 1.165) is 18.5 Å². The number of hydrogen-bond donors (Lipinski definition) is 5. The molecule has 0 saturated heterocycles. The van der Waals surface area contributed by atoms with Crippen LogP contribution < -0.4 is 20.7 Å². The fourth-order valence-corrected chi connectivity index (χ4v) is 3.56. The molecule has 0 unspecified atom stereocenters. The van der Waals surface area contributed by atoms with Crippen molar-refractivity contribution in [1.82, 2.24) is 20.7 Å². The van der Waals surface area contributed by atoms with E-state index in [2.05, 4.69) is 25.7 Å². The summed E-state index contributed by atoms with van der Waals surface area (Å²) in [6.45, 7) is 3.90. The van der Waals surface area contributed by atoms with Crippen LogP contribution in [0.4, 0.5) is 0 Å². The van der Waals surface area contributed by atoms with Gasteiger partial charge in [-0.15, -0.1) is 0 Å². The Kier molecular flexibility index (Phi) is 9.14. The molecule has 0 radical (unpaired) electrons. The second kappa shape index (κ2) is 11.6. The maximum absolute atomic E-state index is 12.3. The zero-order chi connectivity index (χ0) is 23.7. The number of hydrogen-bond acceptors (Lipinski definition) is 7. The molecule has 0 saturated carbocycles. The molecule has 0 aliphatic carbocycles. The standard InChI is InChI=1S/C20H29N5O6S/c1-13(2)32(30,31)25-16(19(28)29)12-23-18(27)15-7-4-14(5-8-15)6-9-17(26)24-20-21-10-3-11-22-20/h4-5,7-8,13,16,25H,3,6,9-12H2,1-2H3,(H,23,27)(H,28,29)(H2,21,22,24,26)/t16-/m0/s1. The summed E-state index contributed by atoms with van der Waals surface area (Å²) in [5.41, 5.74) is 1.14. The summed E-state index contributed by atoms with van der Waals surface area (Å²) >= 11 is 0. The van der Waals surface area contributed by atoms with E-state index >= 15 is 0 Å². The molecule has 2 amide bonds. The van der Waals surface area contributed by atoms with Crippen LogP contribution in [0.25, 0.3) is 0 Å². The van der Waals surface area contributed by atoms with Crippen LogP contribution in [-0.2, 0) is 26.0 Å². The number of sulfonamides is 1. The number of nitrogens with one attached hydrogen (secondary N) is 4. The normalized spacial score (nSPS) is 14.8. The quantitative estimate of drug-likeness (QED) is 0.312. The van der Waals surface area contributed by atoms with Crippen LogP contribution >= 0.6 is 0 Å². The number of amides is 2. The minimum atomic E-state index is -3.81. The van der Waals surface area contributed by atoms with Crippen LogP contribution in [-0.4, -0.2) is 68.2 Å². The molecule has 5 N–H and O–H groups in total. The van der Waals surface area contributed by atoms with E-state index < -0.39 is 39.7 Å². The highest BCUT2D eigenvalue weighted by molar-refractivity contribution is 7.90. The highest BCUT2D eigenvalue weighted by Gasteiger charge is 2.26. The Hall–Kier alpha value is -2.99. The van der Waals surface area contributed by atoms with Gasteiger partial charge in [-0.05, 0) is 44.4 Å². The zero-order valence-electron chi connectivity index (χ0n) is 18.1. The second-order valence-corrected chi connectivity index (χ2v) is 9.84. The molecule has 1 heterocycles. The number of aliphatic carboxylic acids is 1. The molecule has 12 heteroatoms. The number of guanidine groups is 1. The van der Waals surface area contributed by atoms with E-state index in [9.17, 15) is 27.9 Å². The van der Waals surface area contributed by atoms with Crippen molar-refractivity contribution in [2.24, 2.45) is 4.99 Å². The molecule has 176 valence electrons. The molecule has 11 nitrogen and oxygen atoms in total. The minimum absolute atomic E-state index is 0.163. The van der Waals surface area contributed by atoms with Crippen LogP contribution in [0, 0.1) is 0 Å². The summed E-state index contributed by atoms with van der Waals surface area (Å²) in [5, 5.41) is 16.6. The predicted molar refractivity (Wildman–Crippen MR) is 119 cm³/mol. The van der Waals surface area contributed by atoms with Gasteiger partial charge in [0, 0.05) is 31.6 Å². The van der Waals surface area contributed by atoms with Crippen molar-refractivity contribution in [1.29, 1.82) is 0 Å². The van der Waals surface area contributed by atoms with Crippen LogP contribution in [0.2, 0.25) is 0 Å². The van der Waals surface area contributed by atoms with E-state index in [0.29, 0.717) is 18.9 Å². The predicted octanol–water partition coefficient (Wildman–Crippen LogP) is -0.404. The smallest absolute Gasteiger partial charge is 0.323 e. The molecule has 2 rings (SSSR count). The van der Waals surface area contributed by atoms with Crippen molar-refractivity contribution in [2.45, 2.75) is 44.4 Å². The fourth-order valence-electron chi connectivity index (χ4n) is 2.70. The van der Waals surface area contributed by atoms with Gasteiger partial charge in [-0.3, -0.25) is 24.7 Å². The number of aryl methyl sites for hydroxylation is 1. The summed E-state index contributed by atoms with van der Waals surface area (Å²) in [4.78, 5) is 39.8. The summed E-state index contributed by atoms with van der Waals surface area (Å²) in [5.74, 6) is -1.60. The monoisotopic (exact) mass is 467 g/mol. The second-order valence-electron chi connectivity index (χ2n) is 7.57. The lowest BCUT2D eigenvalue weighted by Gasteiger charge is -2.17. The average molecular weight is 468 g/mol. The molecule has 0 spiro atoms. The first-order valence-electron chi connectivity index (χ1n) is 10.3. The van der Waals surface area contributed by atoms with E-state index in [1.165, 1.54) is 13.8 Å². The van der Waals surface area contributed by atoms with Crippen LogP contribution in [0.3, 0.4) is 0 Å². The van der Waals surface area contributed by atoms with E-state index in [-0.39, 0.29) is 17.9 Å². The largest absolute Gasteiger partial charge is 0.480 e. The molecular weight excluding hydrogens is 438 g/mol. The van der Waals surface area contributed by atoms with Gasteiger partial charge >= 0.3 is 5.97 Å². The molecular formula is C20H29N5O6S. The van der Waals surface area contributed by atoms with Crippen molar-refractivity contribution in [2.75, 3.05) is 19.6 Å². The number of nitrogens with zero attached hydrogens (tertiary/aromatic N) is 1. The highest BCUT2D eigenvalue weighted by atomic mass is 32.2. The van der Waals surface area contributed by atoms with Crippen molar-refractivity contribution in [3.05, 3.63) is 35.4 Å². The Bertz CT molecular complexity index is 959. The Labute approximate surface area is 187 Å². The van der Waals surface area contributed by atoms with Gasteiger partial charge in [0.15, 0.2) is 5.96 Å². The summed E-state index contributed by atoms with van der Waals surface area (Å²) in [7, 11) is -3.81. The van der Waals surface area contributed by atoms with Crippen molar-refractivity contribution >= 4 is 33.8 Å². The summed E-state index contributed by atoms with van der Waals surface area (Å²) in [6, 6.07) is 5.04. The van der Waals surface area contributed by atoms with Crippen molar-refractivity contribution < 1.29 is 27.9 Å². The van der Waals surface area contributed by atoms with E-state index in [4.69, 9.17) is 0 Å². The minimum Gasteiger partial charge on any atom is -0.480 e. The first-order chi connectivity index (χ1) is 15.1. The Morgan fingerprint density at radius 2 is 1.88 bits per heavy atom. The van der Waals surface area contributed by atoms with Crippen molar-refractivity contribution in [3.8, 4) is 0 Å². The lowest BCUT2D eigenvalue weighted by Crippen LogP contribution is -2.50. The summed E-state index contributed by atoms with van der Waals surface area (Å²) < 4.78 is 25.9. The van der Waals surface area contributed by atoms with Crippen LogP contribution in [0.5, 0.6) is 0 Å². The van der Waals surface area contributed by atoms with E-state index in [1.807, 2.05) is 0 Å². The SMILES string of the molecule is CC(C)S(=O)(=O)N[C@@H](CNC(=O)c1ccc(CCC(=O)NC2=NCCCN2)cc1)C(=O)O. The molecule has 32 heavy (non-hydrogen) atoms. The fraction of sp³-hybridized carbons (Fsp3) is 0.500. The van der Waals surface area contributed by atoms with Gasteiger partial charge in [0.05, 0.1) is 5.25 Å². The highest BCUT2D eigenvalue weighted by Crippen LogP contribution is 2.07. The van der Waals surface area contributed by atoms with Gasteiger partial charge < -0.3 is 15.7 Å². The first-order valence-corrected chi connectivity index (χ1v) is 11.8. The van der Waals surface area contributed by atoms with Crippen molar-refractivity contribution in [3.63, 3.8) is 0 Å². The first kappa shape index (κ1) is 25.3. The number of benzene rings is 1. The molecule has 1 aliphatic rings. The molecule has 1 aromatic rings. The number of carboxylic acids is 1. The molecule has 1 atom stereocenters. The number of rotatable bonds is 10. The molecule has 1 aliphatic heterocycles. The summed E-state index contributed by atoms with van der Waals surface area (Å²) in [6.07, 6.45) is 1.66. The lowest BCUT2D eigenvalue weighted by atomic mass is 10.1. The lowest BCUT2D eigenvalue weighted by molar-refractivity contribution is -0.138. The number of carboxylic acid groups (broad SMARTS) is 1. The molecule has 1 aromatic carbocycles. The number of carbonyl (C=O) groups excluding carboxylic acids is 2.